The molecule has 1 saturated heterocycles. The Hall–Kier alpha value is -2.87. The molecular formula is C24H30N2O5S. The fourth-order valence-corrected chi connectivity index (χ4v) is 4.64. The van der Waals surface area contributed by atoms with Crippen molar-refractivity contribution in [2.75, 3.05) is 13.2 Å². The fourth-order valence-electron chi connectivity index (χ4n) is 3.57. The van der Waals surface area contributed by atoms with Crippen molar-refractivity contribution in [2.45, 2.75) is 56.4 Å². The number of amides is 2. The van der Waals surface area contributed by atoms with Gasteiger partial charge in [-0.3, -0.25) is 9.59 Å². The van der Waals surface area contributed by atoms with E-state index >= 15 is 0 Å². The monoisotopic (exact) mass is 458 g/mol. The van der Waals surface area contributed by atoms with Crippen LogP contribution in [0.5, 0.6) is 5.75 Å². The molecule has 0 aliphatic carbocycles. The van der Waals surface area contributed by atoms with Gasteiger partial charge < -0.3 is 9.64 Å². The smallest absolute Gasteiger partial charge is 0.264 e. The average molecular weight is 459 g/mol. The summed E-state index contributed by atoms with van der Waals surface area (Å²) in [4.78, 5) is 27.0. The van der Waals surface area contributed by atoms with Crippen molar-refractivity contribution in [1.82, 2.24) is 9.62 Å². The van der Waals surface area contributed by atoms with Crippen molar-refractivity contribution in [2.24, 2.45) is 0 Å². The van der Waals surface area contributed by atoms with E-state index in [0.29, 0.717) is 31.7 Å². The third-order valence-corrected chi connectivity index (χ3v) is 7.15. The SMILES string of the molecule is CCCCOc1ccc(S(=O)(=O)NC(=O)C2(C)CCN2C(=O)CCc2ccccc2)cc1. The Morgan fingerprint density at radius 1 is 1.09 bits per heavy atom. The number of nitrogens with zero attached hydrogens (tertiary/aromatic N) is 1. The average Bonchev–Trinajstić information content (AvgIpc) is 2.77. The Bertz CT molecular complexity index is 1040. The highest BCUT2D eigenvalue weighted by Crippen LogP contribution is 2.32. The zero-order valence-corrected chi connectivity index (χ0v) is 19.4. The molecule has 0 bridgehead atoms. The highest BCUT2D eigenvalue weighted by atomic mass is 32.2. The molecule has 0 spiro atoms. The van der Waals surface area contributed by atoms with Crippen molar-refractivity contribution < 1.29 is 22.7 Å². The van der Waals surface area contributed by atoms with Crippen LogP contribution in [0.25, 0.3) is 0 Å². The lowest BCUT2D eigenvalue weighted by Gasteiger charge is -2.49. The maximum absolute atomic E-state index is 12.9. The van der Waals surface area contributed by atoms with Gasteiger partial charge in [0.2, 0.25) is 5.91 Å². The maximum Gasteiger partial charge on any atom is 0.264 e. The summed E-state index contributed by atoms with van der Waals surface area (Å²) in [7, 11) is -4.06. The number of hydrogen-bond acceptors (Lipinski definition) is 5. The van der Waals surface area contributed by atoms with Crippen LogP contribution in [0.1, 0.15) is 45.1 Å². The Morgan fingerprint density at radius 3 is 2.38 bits per heavy atom. The van der Waals surface area contributed by atoms with E-state index in [1.54, 1.807) is 19.1 Å². The van der Waals surface area contributed by atoms with Crippen LogP contribution < -0.4 is 9.46 Å². The van der Waals surface area contributed by atoms with E-state index in [-0.39, 0.29) is 17.2 Å². The molecule has 8 heteroatoms. The van der Waals surface area contributed by atoms with Gasteiger partial charge in [0.15, 0.2) is 0 Å². The molecule has 172 valence electrons. The van der Waals surface area contributed by atoms with Crippen LogP contribution in [0.3, 0.4) is 0 Å². The zero-order valence-electron chi connectivity index (χ0n) is 18.5. The lowest BCUT2D eigenvalue weighted by Crippen LogP contribution is -2.67. The largest absolute Gasteiger partial charge is 0.494 e. The molecule has 32 heavy (non-hydrogen) atoms. The molecular weight excluding hydrogens is 428 g/mol. The van der Waals surface area contributed by atoms with Crippen LogP contribution in [0.15, 0.2) is 59.5 Å². The molecule has 0 saturated carbocycles. The van der Waals surface area contributed by atoms with E-state index in [2.05, 4.69) is 11.6 Å². The van der Waals surface area contributed by atoms with Crippen molar-refractivity contribution in [1.29, 1.82) is 0 Å². The summed E-state index contributed by atoms with van der Waals surface area (Å²) < 4.78 is 33.1. The van der Waals surface area contributed by atoms with E-state index < -0.39 is 21.5 Å². The fraction of sp³-hybridized carbons (Fsp3) is 0.417. The Balaban J connectivity index is 1.60. The summed E-state index contributed by atoms with van der Waals surface area (Å²) in [6.07, 6.45) is 3.16. The first-order valence-electron chi connectivity index (χ1n) is 10.9. The first-order valence-corrected chi connectivity index (χ1v) is 12.4. The van der Waals surface area contributed by atoms with Crippen molar-refractivity contribution >= 4 is 21.8 Å². The second kappa shape index (κ2) is 10.2. The number of rotatable bonds is 10. The number of carbonyl (C=O) groups is 2. The number of benzene rings is 2. The van der Waals surface area contributed by atoms with Gasteiger partial charge in [-0.15, -0.1) is 0 Å². The second-order valence-corrected chi connectivity index (χ2v) is 9.85. The molecule has 1 aliphatic rings. The van der Waals surface area contributed by atoms with E-state index in [1.807, 2.05) is 30.3 Å². The van der Waals surface area contributed by atoms with Crippen LogP contribution >= 0.6 is 0 Å². The molecule has 2 amide bonds. The highest BCUT2D eigenvalue weighted by molar-refractivity contribution is 7.90. The van der Waals surface area contributed by atoms with Crippen LogP contribution in [0, 0.1) is 0 Å². The van der Waals surface area contributed by atoms with Gasteiger partial charge >= 0.3 is 0 Å². The predicted octanol–water partition coefficient (Wildman–Crippen LogP) is 3.29. The lowest BCUT2D eigenvalue weighted by molar-refractivity contribution is -0.156. The zero-order chi connectivity index (χ0) is 23.2. The summed E-state index contributed by atoms with van der Waals surface area (Å²) in [5, 5.41) is 0. The standard InChI is InChI=1S/C24H30N2O5S/c1-3-4-18-31-20-11-13-21(14-12-20)32(29,30)25-23(28)24(2)16-17-26(24)22(27)15-10-19-8-6-5-7-9-19/h5-9,11-14H,3-4,10,15-18H2,1-2H3,(H,25,28). The molecule has 0 radical (unpaired) electrons. The van der Waals surface area contributed by atoms with Crippen LogP contribution in [0.2, 0.25) is 0 Å². The van der Waals surface area contributed by atoms with E-state index in [9.17, 15) is 18.0 Å². The molecule has 0 aromatic heterocycles. The third kappa shape index (κ3) is 5.48. The summed E-state index contributed by atoms with van der Waals surface area (Å²) in [5.74, 6) is -0.284. The van der Waals surface area contributed by atoms with Gasteiger partial charge in [-0.05, 0) is 56.0 Å². The number of ether oxygens (including phenoxy) is 1. The molecule has 3 rings (SSSR count). The lowest BCUT2D eigenvalue weighted by atomic mass is 9.85. The van der Waals surface area contributed by atoms with E-state index in [1.165, 1.54) is 17.0 Å². The van der Waals surface area contributed by atoms with Crippen LogP contribution in [-0.4, -0.2) is 43.8 Å². The van der Waals surface area contributed by atoms with Gasteiger partial charge in [0.05, 0.1) is 11.5 Å². The van der Waals surface area contributed by atoms with Gasteiger partial charge in [-0.1, -0.05) is 43.7 Å². The van der Waals surface area contributed by atoms with Gasteiger partial charge in [0.1, 0.15) is 11.3 Å². The van der Waals surface area contributed by atoms with Crippen LogP contribution in [-0.2, 0) is 26.0 Å². The number of carbonyl (C=O) groups excluding carboxylic acids is 2. The van der Waals surface area contributed by atoms with E-state index in [4.69, 9.17) is 4.74 Å². The molecule has 1 atom stereocenters. The number of hydrogen-bond donors (Lipinski definition) is 1. The second-order valence-electron chi connectivity index (χ2n) is 8.16. The molecule has 1 aliphatic heterocycles. The van der Waals surface area contributed by atoms with Gasteiger partial charge in [-0.2, -0.15) is 0 Å². The van der Waals surface area contributed by atoms with Crippen LogP contribution in [0.4, 0.5) is 0 Å². The normalized spacial score (nSPS) is 18.0. The van der Waals surface area contributed by atoms with Crippen molar-refractivity contribution in [3.05, 3.63) is 60.2 Å². The maximum atomic E-state index is 12.9. The Morgan fingerprint density at radius 2 is 1.78 bits per heavy atom. The van der Waals surface area contributed by atoms with Gasteiger partial charge in [0, 0.05) is 13.0 Å². The molecule has 1 unspecified atom stereocenters. The molecule has 2 aromatic carbocycles. The van der Waals surface area contributed by atoms with Gasteiger partial charge in [0.25, 0.3) is 15.9 Å². The van der Waals surface area contributed by atoms with E-state index in [0.717, 1.165) is 18.4 Å². The number of aryl methyl sites for hydroxylation is 1. The summed E-state index contributed by atoms with van der Waals surface area (Å²) >= 11 is 0. The molecule has 1 fully saturated rings. The van der Waals surface area contributed by atoms with Crippen molar-refractivity contribution in [3.63, 3.8) is 0 Å². The molecule has 7 nitrogen and oxygen atoms in total. The number of sulfonamides is 1. The number of nitrogens with one attached hydrogen (secondary N) is 1. The van der Waals surface area contributed by atoms with Gasteiger partial charge in [-0.25, -0.2) is 13.1 Å². The molecule has 1 N–H and O–H groups in total. The Labute approximate surface area is 189 Å². The first kappa shape index (κ1) is 23.8. The number of unbranched alkanes of at least 4 members (excludes halogenated alkanes) is 1. The minimum atomic E-state index is -4.06. The van der Waals surface area contributed by atoms with Crippen molar-refractivity contribution in [3.8, 4) is 5.75 Å². The highest BCUT2D eigenvalue weighted by Gasteiger charge is 2.50. The first-order chi connectivity index (χ1) is 15.3. The minimum absolute atomic E-state index is 0.0291. The third-order valence-electron chi connectivity index (χ3n) is 5.81. The predicted molar refractivity (Wildman–Crippen MR) is 122 cm³/mol. The Kier molecular flexibility index (Phi) is 7.56. The minimum Gasteiger partial charge on any atom is -0.494 e. The molecule has 1 heterocycles. The molecule has 2 aromatic rings. The number of likely N-dealkylation sites (tertiary alicyclic amines) is 1. The summed E-state index contributed by atoms with van der Waals surface area (Å²) in [5.41, 5.74) is -0.137. The topological polar surface area (TPSA) is 92.8 Å². The summed E-state index contributed by atoms with van der Waals surface area (Å²) in [6, 6.07) is 15.6. The quantitative estimate of drug-likeness (QED) is 0.552. The summed E-state index contributed by atoms with van der Waals surface area (Å²) in [6.45, 7) is 4.65.